The third kappa shape index (κ3) is 2.94. The third-order valence-corrected chi connectivity index (χ3v) is 3.48. The van der Waals surface area contributed by atoms with E-state index < -0.39 is 0 Å². The van der Waals surface area contributed by atoms with Gasteiger partial charge in [0, 0.05) is 18.4 Å². The van der Waals surface area contributed by atoms with Gasteiger partial charge in [-0.15, -0.1) is 0 Å². The van der Waals surface area contributed by atoms with Gasteiger partial charge in [-0.3, -0.25) is 0 Å². The minimum absolute atomic E-state index is 0.287. The summed E-state index contributed by atoms with van der Waals surface area (Å²) in [5, 5.41) is 0.500. The number of halogens is 1. The maximum Gasteiger partial charge on any atom is 0.163 e. The van der Waals surface area contributed by atoms with Crippen LogP contribution in [0, 0.1) is 6.92 Å². The van der Waals surface area contributed by atoms with Crippen LogP contribution in [-0.2, 0) is 11.2 Å². The maximum atomic E-state index is 6.18. The number of aromatic nitrogens is 2. The van der Waals surface area contributed by atoms with Crippen molar-refractivity contribution >= 4 is 11.6 Å². The average Bonchev–Trinajstić information content (AvgIpc) is 2.44. The van der Waals surface area contributed by atoms with Crippen LogP contribution in [0.4, 0.5) is 0 Å². The summed E-state index contributed by atoms with van der Waals surface area (Å²) in [5.74, 6) is 0.612. The van der Waals surface area contributed by atoms with Gasteiger partial charge < -0.3 is 4.74 Å². The second-order valence-corrected chi connectivity index (χ2v) is 4.68. The number of methoxy groups -OCH3 is 1. The van der Waals surface area contributed by atoms with Crippen LogP contribution in [0.15, 0.2) is 30.3 Å². The lowest BCUT2D eigenvalue weighted by Crippen LogP contribution is -2.11. The van der Waals surface area contributed by atoms with Crippen molar-refractivity contribution in [1.29, 1.82) is 0 Å². The van der Waals surface area contributed by atoms with E-state index in [2.05, 4.69) is 16.9 Å². The first-order chi connectivity index (χ1) is 9.17. The summed E-state index contributed by atoms with van der Waals surface area (Å²) < 4.78 is 5.53. The Balaban J connectivity index is 2.47. The molecule has 4 heteroatoms. The molecule has 0 aliphatic rings. The predicted molar refractivity (Wildman–Crippen MR) is 76.5 cm³/mol. The highest BCUT2D eigenvalue weighted by molar-refractivity contribution is 6.30. The molecule has 0 spiro atoms. The van der Waals surface area contributed by atoms with Crippen molar-refractivity contribution in [2.75, 3.05) is 7.11 Å². The minimum Gasteiger partial charge on any atom is -0.369 e. The molecule has 1 aromatic heterocycles. The largest absolute Gasteiger partial charge is 0.369 e. The van der Waals surface area contributed by atoms with Crippen LogP contribution < -0.4 is 0 Å². The highest BCUT2D eigenvalue weighted by Gasteiger charge is 2.19. The first-order valence-electron chi connectivity index (χ1n) is 6.28. The van der Waals surface area contributed by atoms with Gasteiger partial charge in [0.2, 0.25) is 0 Å². The van der Waals surface area contributed by atoms with Gasteiger partial charge in [-0.25, -0.2) is 9.97 Å². The molecule has 2 aromatic rings. The van der Waals surface area contributed by atoms with Crippen molar-refractivity contribution in [2.24, 2.45) is 0 Å². The molecule has 0 saturated heterocycles. The Morgan fingerprint density at radius 1 is 1.21 bits per heavy atom. The number of benzene rings is 1. The molecule has 0 N–H and O–H groups in total. The summed E-state index contributed by atoms with van der Waals surface area (Å²) in [4.78, 5) is 8.94. The lowest BCUT2D eigenvalue weighted by Gasteiger charge is -2.16. The Morgan fingerprint density at radius 3 is 2.47 bits per heavy atom. The molecule has 0 fully saturated rings. The minimum atomic E-state index is -0.287. The quantitative estimate of drug-likeness (QED) is 0.798. The molecule has 0 saturated carbocycles. The Morgan fingerprint density at radius 2 is 1.89 bits per heavy atom. The molecular weight excluding hydrogens is 260 g/mol. The number of hydrogen-bond donors (Lipinski definition) is 0. The molecule has 0 radical (unpaired) electrons. The van der Waals surface area contributed by atoms with Crippen molar-refractivity contribution in [3.63, 3.8) is 0 Å². The van der Waals surface area contributed by atoms with Crippen LogP contribution in [0.3, 0.4) is 0 Å². The zero-order valence-corrected chi connectivity index (χ0v) is 12.1. The number of hydrogen-bond acceptors (Lipinski definition) is 3. The molecule has 0 aliphatic carbocycles. The zero-order valence-electron chi connectivity index (χ0n) is 11.4. The van der Waals surface area contributed by atoms with Gasteiger partial charge in [0.25, 0.3) is 0 Å². The molecule has 1 unspecified atom stereocenters. The van der Waals surface area contributed by atoms with E-state index in [0.717, 1.165) is 23.2 Å². The third-order valence-electron chi connectivity index (χ3n) is 3.11. The van der Waals surface area contributed by atoms with Crippen LogP contribution in [0.1, 0.15) is 35.7 Å². The summed E-state index contributed by atoms with van der Waals surface area (Å²) in [6.45, 7) is 4.00. The Kier molecular flexibility index (Phi) is 4.51. The maximum absolute atomic E-state index is 6.18. The summed E-state index contributed by atoms with van der Waals surface area (Å²) in [5.41, 5.74) is 2.93. The van der Waals surface area contributed by atoms with E-state index in [1.807, 2.05) is 37.3 Å². The van der Waals surface area contributed by atoms with Crippen LogP contribution in [0.25, 0.3) is 0 Å². The molecular formula is C15H17ClN2O. The molecule has 0 aliphatic heterocycles. The fraction of sp³-hybridized carbons (Fsp3) is 0.333. The first-order valence-corrected chi connectivity index (χ1v) is 6.65. The first kappa shape index (κ1) is 14.0. The Labute approximate surface area is 118 Å². The summed E-state index contributed by atoms with van der Waals surface area (Å²) >= 11 is 6.18. The van der Waals surface area contributed by atoms with E-state index >= 15 is 0 Å². The van der Waals surface area contributed by atoms with Crippen LogP contribution in [-0.4, -0.2) is 17.1 Å². The van der Waals surface area contributed by atoms with Crippen molar-refractivity contribution in [3.05, 3.63) is 58.1 Å². The standard InChI is InChI=1S/C15H17ClN2O/c1-4-12-10(2)14(16)18-15(17-12)13(19-3)11-8-6-5-7-9-11/h5-9,13H,4H2,1-3H3. The molecule has 0 bridgehead atoms. The zero-order chi connectivity index (χ0) is 13.8. The number of aryl methyl sites for hydroxylation is 1. The summed E-state index contributed by atoms with van der Waals surface area (Å²) in [6, 6.07) is 9.90. The van der Waals surface area contributed by atoms with E-state index in [0.29, 0.717) is 11.0 Å². The van der Waals surface area contributed by atoms with E-state index in [4.69, 9.17) is 16.3 Å². The highest BCUT2D eigenvalue weighted by atomic mass is 35.5. The van der Waals surface area contributed by atoms with Crippen LogP contribution in [0.5, 0.6) is 0 Å². The van der Waals surface area contributed by atoms with Crippen molar-refractivity contribution in [3.8, 4) is 0 Å². The Bertz CT molecular complexity index is 558. The van der Waals surface area contributed by atoms with Gasteiger partial charge in [0.15, 0.2) is 5.82 Å². The number of nitrogens with zero attached hydrogens (tertiary/aromatic N) is 2. The molecule has 3 nitrogen and oxygen atoms in total. The van der Waals surface area contributed by atoms with Crippen molar-refractivity contribution in [1.82, 2.24) is 9.97 Å². The predicted octanol–water partition coefficient (Wildman–Crippen LogP) is 3.74. The molecule has 1 heterocycles. The molecule has 0 amide bonds. The number of ether oxygens (including phenoxy) is 1. The summed E-state index contributed by atoms with van der Waals surface area (Å²) in [7, 11) is 1.65. The monoisotopic (exact) mass is 276 g/mol. The van der Waals surface area contributed by atoms with Gasteiger partial charge in [-0.2, -0.15) is 0 Å². The second kappa shape index (κ2) is 6.13. The van der Waals surface area contributed by atoms with Gasteiger partial charge in [-0.05, 0) is 18.9 Å². The number of rotatable bonds is 4. The van der Waals surface area contributed by atoms with Crippen molar-refractivity contribution < 1.29 is 4.74 Å². The molecule has 2 rings (SSSR count). The normalized spacial score (nSPS) is 12.4. The van der Waals surface area contributed by atoms with Gasteiger partial charge in [-0.1, -0.05) is 48.9 Å². The molecule has 100 valence electrons. The fourth-order valence-electron chi connectivity index (χ4n) is 2.03. The van der Waals surface area contributed by atoms with Gasteiger partial charge in [0.05, 0.1) is 0 Å². The smallest absolute Gasteiger partial charge is 0.163 e. The van der Waals surface area contributed by atoms with E-state index in [9.17, 15) is 0 Å². The lowest BCUT2D eigenvalue weighted by atomic mass is 10.1. The van der Waals surface area contributed by atoms with Gasteiger partial charge >= 0.3 is 0 Å². The highest BCUT2D eigenvalue weighted by Crippen LogP contribution is 2.25. The van der Waals surface area contributed by atoms with E-state index in [1.54, 1.807) is 7.11 Å². The SMILES string of the molecule is CCc1nc(C(OC)c2ccccc2)nc(Cl)c1C. The molecule has 1 aromatic carbocycles. The Hall–Kier alpha value is -1.45. The topological polar surface area (TPSA) is 35.0 Å². The molecule has 19 heavy (non-hydrogen) atoms. The van der Waals surface area contributed by atoms with Crippen LogP contribution >= 0.6 is 11.6 Å². The lowest BCUT2D eigenvalue weighted by molar-refractivity contribution is 0.129. The summed E-state index contributed by atoms with van der Waals surface area (Å²) in [6.07, 6.45) is 0.538. The fourth-order valence-corrected chi connectivity index (χ4v) is 2.23. The van der Waals surface area contributed by atoms with E-state index in [-0.39, 0.29) is 6.10 Å². The van der Waals surface area contributed by atoms with E-state index in [1.165, 1.54) is 0 Å². The van der Waals surface area contributed by atoms with Gasteiger partial charge in [0.1, 0.15) is 11.3 Å². The average molecular weight is 277 g/mol. The van der Waals surface area contributed by atoms with Crippen LogP contribution in [0.2, 0.25) is 5.15 Å². The second-order valence-electron chi connectivity index (χ2n) is 4.32. The van der Waals surface area contributed by atoms with Crippen molar-refractivity contribution in [2.45, 2.75) is 26.4 Å². The molecule has 1 atom stereocenters.